The summed E-state index contributed by atoms with van der Waals surface area (Å²) in [5, 5.41) is 0.652. The van der Waals surface area contributed by atoms with Crippen molar-refractivity contribution >= 4 is 23.4 Å². The van der Waals surface area contributed by atoms with Crippen LogP contribution in [0.1, 0.15) is 31.2 Å². The molecule has 0 N–H and O–H groups in total. The van der Waals surface area contributed by atoms with Crippen LogP contribution in [0.25, 0.3) is 0 Å². The minimum absolute atomic E-state index is 0.00448. The van der Waals surface area contributed by atoms with Gasteiger partial charge in [0.15, 0.2) is 5.78 Å². The Morgan fingerprint density at radius 3 is 2.50 bits per heavy atom. The summed E-state index contributed by atoms with van der Waals surface area (Å²) in [6, 6.07) is 7.38. The molecule has 1 aliphatic rings. The van der Waals surface area contributed by atoms with E-state index in [4.69, 9.17) is 16.3 Å². The minimum Gasteiger partial charge on any atom is -0.466 e. The summed E-state index contributed by atoms with van der Waals surface area (Å²) in [6.45, 7) is 8.07. The van der Waals surface area contributed by atoms with E-state index in [0.717, 1.165) is 31.5 Å². The van der Waals surface area contributed by atoms with Gasteiger partial charge in [0.2, 0.25) is 0 Å². The second-order valence-electron chi connectivity index (χ2n) is 6.04. The maximum absolute atomic E-state index is 12.3. The van der Waals surface area contributed by atoms with Crippen LogP contribution in [0.15, 0.2) is 36.9 Å². The van der Waals surface area contributed by atoms with Crippen molar-refractivity contribution in [2.75, 3.05) is 26.2 Å². The Balaban J connectivity index is 1.98. The van der Waals surface area contributed by atoms with Gasteiger partial charge >= 0.3 is 5.97 Å². The zero-order valence-corrected chi connectivity index (χ0v) is 14.8. The normalized spacial score (nSPS) is 17.2. The van der Waals surface area contributed by atoms with Crippen LogP contribution in [0.2, 0.25) is 5.02 Å². The number of piperidine rings is 1. The van der Waals surface area contributed by atoms with Crippen LogP contribution in [-0.4, -0.2) is 42.9 Å². The van der Waals surface area contributed by atoms with Crippen molar-refractivity contribution in [1.82, 2.24) is 4.90 Å². The number of ketones is 1. The summed E-state index contributed by atoms with van der Waals surface area (Å²) in [5.74, 6) is -0.373. The number of esters is 1. The highest BCUT2D eigenvalue weighted by atomic mass is 35.5. The summed E-state index contributed by atoms with van der Waals surface area (Å²) in [6.07, 6.45) is 2.92. The molecule has 0 saturated carbocycles. The monoisotopic (exact) mass is 349 g/mol. The third kappa shape index (κ3) is 4.92. The van der Waals surface area contributed by atoms with Crippen molar-refractivity contribution in [1.29, 1.82) is 0 Å². The maximum Gasteiger partial charge on any atom is 0.309 e. The highest BCUT2D eigenvalue weighted by Crippen LogP contribution is 2.25. The van der Waals surface area contributed by atoms with Crippen molar-refractivity contribution < 1.29 is 14.3 Å². The van der Waals surface area contributed by atoms with Gasteiger partial charge in [0.1, 0.15) is 0 Å². The third-order valence-electron chi connectivity index (χ3n) is 4.47. The van der Waals surface area contributed by atoms with E-state index in [-0.39, 0.29) is 23.6 Å². The number of carbonyl (C=O) groups excluding carboxylic acids is 2. The number of rotatable bonds is 7. The molecule has 0 aromatic heterocycles. The number of ether oxygens (including phenoxy) is 1. The van der Waals surface area contributed by atoms with E-state index in [1.807, 2.05) is 19.1 Å². The first-order valence-corrected chi connectivity index (χ1v) is 8.73. The molecule has 1 saturated heterocycles. The maximum atomic E-state index is 12.3. The molecule has 0 unspecified atom stereocenters. The molecule has 0 bridgehead atoms. The summed E-state index contributed by atoms with van der Waals surface area (Å²) in [5.41, 5.74) is 0.941. The standard InChI is InChI=1S/C19H24ClNO3/c1-3-18(22)17(14-5-7-16(20)8-6-14)13-21-11-9-15(10-12-21)19(23)24-4-2/h3,5-8,15,17H,1,4,9-13H2,2H3/t17-/m1/s1. The van der Waals surface area contributed by atoms with Crippen LogP contribution in [0.5, 0.6) is 0 Å². The Labute approximate surface area is 148 Å². The molecule has 1 heterocycles. The summed E-state index contributed by atoms with van der Waals surface area (Å²) in [4.78, 5) is 26.3. The Morgan fingerprint density at radius 2 is 1.96 bits per heavy atom. The number of benzene rings is 1. The zero-order chi connectivity index (χ0) is 17.5. The zero-order valence-electron chi connectivity index (χ0n) is 14.0. The van der Waals surface area contributed by atoms with E-state index in [2.05, 4.69) is 11.5 Å². The molecule has 2 rings (SSSR count). The quantitative estimate of drug-likeness (QED) is 0.558. The lowest BCUT2D eigenvalue weighted by atomic mass is 9.91. The summed E-state index contributed by atoms with van der Waals surface area (Å²) < 4.78 is 5.10. The van der Waals surface area contributed by atoms with Crippen molar-refractivity contribution in [3.63, 3.8) is 0 Å². The van der Waals surface area contributed by atoms with E-state index >= 15 is 0 Å². The van der Waals surface area contributed by atoms with Crippen molar-refractivity contribution in [2.24, 2.45) is 5.92 Å². The van der Waals surface area contributed by atoms with E-state index in [0.29, 0.717) is 18.2 Å². The SMILES string of the molecule is C=CC(=O)[C@H](CN1CCC(C(=O)OCC)CC1)c1ccc(Cl)cc1. The van der Waals surface area contributed by atoms with E-state index < -0.39 is 0 Å². The predicted octanol–water partition coefficient (Wildman–Crippen LogP) is 3.45. The van der Waals surface area contributed by atoms with Crippen LogP contribution in [0, 0.1) is 5.92 Å². The third-order valence-corrected chi connectivity index (χ3v) is 4.72. The van der Waals surface area contributed by atoms with Crippen molar-refractivity contribution in [2.45, 2.75) is 25.7 Å². The molecule has 1 aromatic carbocycles. The summed E-state index contributed by atoms with van der Waals surface area (Å²) >= 11 is 5.93. The number of likely N-dealkylation sites (tertiary alicyclic amines) is 1. The molecule has 1 aliphatic heterocycles. The molecule has 4 nitrogen and oxygen atoms in total. The van der Waals surface area contributed by atoms with Gasteiger partial charge in [-0.05, 0) is 56.6 Å². The van der Waals surface area contributed by atoms with Crippen LogP contribution in [-0.2, 0) is 14.3 Å². The van der Waals surface area contributed by atoms with Crippen LogP contribution in [0.3, 0.4) is 0 Å². The van der Waals surface area contributed by atoms with Gasteiger partial charge in [-0.25, -0.2) is 0 Å². The Kier molecular flexibility index (Phi) is 7.00. The van der Waals surface area contributed by atoms with Gasteiger partial charge in [-0.1, -0.05) is 30.3 Å². The summed E-state index contributed by atoms with van der Waals surface area (Å²) in [7, 11) is 0. The Hall–Kier alpha value is -1.65. The topological polar surface area (TPSA) is 46.6 Å². The molecule has 1 atom stereocenters. The molecule has 0 spiro atoms. The largest absolute Gasteiger partial charge is 0.466 e. The molecular formula is C19H24ClNO3. The smallest absolute Gasteiger partial charge is 0.309 e. The fourth-order valence-corrected chi connectivity index (χ4v) is 3.19. The lowest BCUT2D eigenvalue weighted by Gasteiger charge is -2.33. The second-order valence-corrected chi connectivity index (χ2v) is 6.47. The number of nitrogens with zero attached hydrogens (tertiary/aromatic N) is 1. The molecule has 24 heavy (non-hydrogen) atoms. The van der Waals surface area contributed by atoms with Gasteiger partial charge in [0.05, 0.1) is 18.4 Å². The first kappa shape index (κ1) is 18.7. The van der Waals surface area contributed by atoms with Crippen molar-refractivity contribution in [3.05, 3.63) is 47.5 Å². The first-order chi connectivity index (χ1) is 11.5. The molecule has 1 fully saturated rings. The molecule has 0 radical (unpaired) electrons. The van der Waals surface area contributed by atoms with Gasteiger partial charge < -0.3 is 9.64 Å². The Morgan fingerprint density at radius 1 is 1.33 bits per heavy atom. The second kappa shape index (κ2) is 9.00. The average Bonchev–Trinajstić information content (AvgIpc) is 2.60. The number of halogens is 1. The highest BCUT2D eigenvalue weighted by molar-refractivity contribution is 6.30. The lowest BCUT2D eigenvalue weighted by Crippen LogP contribution is -2.40. The molecule has 130 valence electrons. The fourth-order valence-electron chi connectivity index (χ4n) is 3.07. The lowest BCUT2D eigenvalue weighted by molar-refractivity contribution is -0.149. The van der Waals surface area contributed by atoms with Gasteiger partial charge in [-0.3, -0.25) is 9.59 Å². The molecule has 1 aromatic rings. The number of hydrogen-bond acceptors (Lipinski definition) is 4. The predicted molar refractivity (Wildman–Crippen MR) is 95.2 cm³/mol. The van der Waals surface area contributed by atoms with Gasteiger partial charge in [0.25, 0.3) is 0 Å². The van der Waals surface area contributed by atoms with E-state index in [1.165, 1.54) is 6.08 Å². The number of hydrogen-bond donors (Lipinski definition) is 0. The van der Waals surface area contributed by atoms with E-state index in [1.54, 1.807) is 12.1 Å². The Bertz CT molecular complexity index is 577. The van der Waals surface area contributed by atoms with Gasteiger partial charge in [-0.15, -0.1) is 0 Å². The highest BCUT2D eigenvalue weighted by Gasteiger charge is 2.28. The molecule has 0 aliphatic carbocycles. The first-order valence-electron chi connectivity index (χ1n) is 8.35. The van der Waals surface area contributed by atoms with Gasteiger partial charge in [0, 0.05) is 11.6 Å². The van der Waals surface area contributed by atoms with Crippen LogP contribution >= 0.6 is 11.6 Å². The minimum atomic E-state index is -0.251. The number of allylic oxidation sites excluding steroid dienone is 1. The number of carbonyl (C=O) groups is 2. The molecule has 5 heteroatoms. The fraction of sp³-hybridized carbons (Fsp3) is 0.474. The molecular weight excluding hydrogens is 326 g/mol. The molecule has 0 amide bonds. The van der Waals surface area contributed by atoms with Crippen LogP contribution in [0.4, 0.5) is 0 Å². The average molecular weight is 350 g/mol. The van der Waals surface area contributed by atoms with E-state index in [9.17, 15) is 9.59 Å². The van der Waals surface area contributed by atoms with Crippen molar-refractivity contribution in [3.8, 4) is 0 Å². The van der Waals surface area contributed by atoms with Crippen LogP contribution < -0.4 is 0 Å². The van der Waals surface area contributed by atoms with Gasteiger partial charge in [-0.2, -0.15) is 0 Å².